The van der Waals surface area contributed by atoms with Crippen LogP contribution in [0, 0.1) is 0 Å². The van der Waals surface area contributed by atoms with Gasteiger partial charge in [0.1, 0.15) is 6.61 Å². The predicted octanol–water partition coefficient (Wildman–Crippen LogP) is 2.00. The summed E-state index contributed by atoms with van der Waals surface area (Å²) in [5, 5.41) is 5.69. The summed E-state index contributed by atoms with van der Waals surface area (Å²) in [6.45, 7) is 3.92. The van der Waals surface area contributed by atoms with Gasteiger partial charge in [-0.05, 0) is 31.9 Å². The molecule has 0 aromatic heterocycles. The van der Waals surface area contributed by atoms with Crippen LogP contribution in [0.5, 0.6) is 17.2 Å². The first kappa shape index (κ1) is 21.5. The maximum atomic E-state index is 12.0. The Morgan fingerprint density at radius 2 is 1.86 bits per heavy atom. The van der Waals surface area contributed by atoms with Crippen molar-refractivity contribution < 1.29 is 28.5 Å². The Kier molecular flexibility index (Phi) is 8.51. The van der Waals surface area contributed by atoms with E-state index in [0.29, 0.717) is 56.3 Å². The highest BCUT2D eigenvalue weighted by molar-refractivity contribution is 5.74. The van der Waals surface area contributed by atoms with Gasteiger partial charge >= 0.3 is 12.1 Å². The molecule has 156 valence electrons. The molecule has 1 aliphatic heterocycles. The van der Waals surface area contributed by atoms with Crippen LogP contribution >= 0.6 is 0 Å². The summed E-state index contributed by atoms with van der Waals surface area (Å²) in [5.74, 6) is 1.65. The molecule has 1 fully saturated rings. The van der Waals surface area contributed by atoms with Gasteiger partial charge in [0.15, 0.2) is 11.5 Å². The third-order valence-corrected chi connectivity index (χ3v) is 4.37. The standard InChI is InChI=1S/C19H29N3O6/c1-4-27-19(24)22-11-8-14(9-12-22)21-18(23)20-10-13-28-16-7-5-6-15(25-2)17(16)26-3/h5-7,14H,4,8-13H2,1-3H3,(H2,20,21,23). The van der Waals surface area contributed by atoms with Crippen molar-refractivity contribution in [2.75, 3.05) is 47.1 Å². The number of ether oxygens (including phenoxy) is 4. The average molecular weight is 395 g/mol. The predicted molar refractivity (Wildman–Crippen MR) is 103 cm³/mol. The monoisotopic (exact) mass is 395 g/mol. The Morgan fingerprint density at radius 3 is 2.50 bits per heavy atom. The number of methoxy groups -OCH3 is 2. The zero-order valence-corrected chi connectivity index (χ0v) is 16.7. The average Bonchev–Trinajstić information content (AvgIpc) is 2.71. The van der Waals surface area contributed by atoms with Gasteiger partial charge in [0.05, 0.1) is 27.4 Å². The molecule has 0 radical (unpaired) electrons. The first-order valence-electron chi connectivity index (χ1n) is 9.38. The summed E-state index contributed by atoms with van der Waals surface area (Å²) in [6, 6.07) is 5.14. The highest BCUT2D eigenvalue weighted by Crippen LogP contribution is 2.36. The van der Waals surface area contributed by atoms with Crippen molar-refractivity contribution in [1.29, 1.82) is 0 Å². The lowest BCUT2D eigenvalue weighted by Crippen LogP contribution is -2.49. The maximum absolute atomic E-state index is 12.0. The van der Waals surface area contributed by atoms with E-state index in [4.69, 9.17) is 18.9 Å². The fourth-order valence-corrected chi connectivity index (χ4v) is 2.95. The topological polar surface area (TPSA) is 98.4 Å². The molecule has 1 aromatic rings. The summed E-state index contributed by atoms with van der Waals surface area (Å²) in [6.07, 6.45) is 1.10. The molecule has 2 rings (SSSR count). The summed E-state index contributed by atoms with van der Waals surface area (Å²) in [4.78, 5) is 25.4. The van der Waals surface area contributed by atoms with Crippen molar-refractivity contribution in [1.82, 2.24) is 15.5 Å². The molecule has 0 aliphatic carbocycles. The maximum Gasteiger partial charge on any atom is 0.409 e. The van der Waals surface area contributed by atoms with Gasteiger partial charge in [0, 0.05) is 19.1 Å². The lowest BCUT2D eigenvalue weighted by molar-refractivity contribution is 0.0957. The number of nitrogens with one attached hydrogen (secondary N) is 2. The minimum Gasteiger partial charge on any atom is -0.493 e. The van der Waals surface area contributed by atoms with Gasteiger partial charge in [0.25, 0.3) is 0 Å². The molecule has 3 amide bonds. The molecular formula is C19H29N3O6. The van der Waals surface area contributed by atoms with Gasteiger partial charge in [-0.25, -0.2) is 9.59 Å². The van der Waals surface area contributed by atoms with Crippen molar-refractivity contribution in [2.24, 2.45) is 0 Å². The second-order valence-electron chi connectivity index (χ2n) is 6.20. The molecule has 0 spiro atoms. The first-order chi connectivity index (χ1) is 13.6. The van der Waals surface area contributed by atoms with E-state index in [-0.39, 0.29) is 24.8 Å². The van der Waals surface area contributed by atoms with Crippen molar-refractivity contribution in [3.8, 4) is 17.2 Å². The Balaban J connectivity index is 1.67. The number of para-hydroxylation sites is 1. The molecule has 1 aromatic carbocycles. The Morgan fingerprint density at radius 1 is 1.14 bits per heavy atom. The molecule has 9 heteroatoms. The number of likely N-dealkylation sites (tertiary alicyclic amines) is 1. The van der Waals surface area contributed by atoms with Crippen LogP contribution in [-0.4, -0.2) is 70.1 Å². The number of urea groups is 1. The van der Waals surface area contributed by atoms with E-state index < -0.39 is 0 Å². The van der Waals surface area contributed by atoms with Crippen molar-refractivity contribution in [3.05, 3.63) is 18.2 Å². The second kappa shape index (κ2) is 11.1. The highest BCUT2D eigenvalue weighted by atomic mass is 16.6. The molecule has 0 atom stereocenters. The third-order valence-electron chi connectivity index (χ3n) is 4.37. The van der Waals surface area contributed by atoms with Crippen molar-refractivity contribution in [2.45, 2.75) is 25.8 Å². The van der Waals surface area contributed by atoms with Gasteiger partial charge in [-0.1, -0.05) is 6.07 Å². The molecule has 9 nitrogen and oxygen atoms in total. The summed E-state index contributed by atoms with van der Waals surface area (Å²) >= 11 is 0. The summed E-state index contributed by atoms with van der Waals surface area (Å²) in [5.41, 5.74) is 0. The summed E-state index contributed by atoms with van der Waals surface area (Å²) in [7, 11) is 3.11. The van der Waals surface area contributed by atoms with Crippen LogP contribution in [0.2, 0.25) is 0 Å². The SMILES string of the molecule is CCOC(=O)N1CCC(NC(=O)NCCOc2cccc(OC)c2OC)CC1. The molecule has 1 saturated heterocycles. The van der Waals surface area contributed by atoms with Gasteiger partial charge in [-0.2, -0.15) is 0 Å². The highest BCUT2D eigenvalue weighted by Gasteiger charge is 2.24. The summed E-state index contributed by atoms with van der Waals surface area (Å²) < 4.78 is 21.2. The quantitative estimate of drug-likeness (QED) is 0.654. The lowest BCUT2D eigenvalue weighted by atomic mass is 10.1. The molecule has 0 saturated carbocycles. The van der Waals surface area contributed by atoms with E-state index in [1.807, 2.05) is 0 Å². The molecule has 28 heavy (non-hydrogen) atoms. The minimum atomic E-state index is -0.296. The van der Waals surface area contributed by atoms with Crippen molar-refractivity contribution >= 4 is 12.1 Å². The number of hydrogen-bond donors (Lipinski definition) is 2. The Hall–Kier alpha value is -2.84. The number of carbonyl (C=O) groups excluding carboxylic acids is 2. The van der Waals surface area contributed by atoms with E-state index in [9.17, 15) is 9.59 Å². The number of carbonyl (C=O) groups is 2. The Bertz CT molecular complexity index is 647. The normalized spacial score (nSPS) is 14.2. The van der Waals surface area contributed by atoms with E-state index in [2.05, 4.69) is 10.6 Å². The fraction of sp³-hybridized carbons (Fsp3) is 0.579. The lowest BCUT2D eigenvalue weighted by Gasteiger charge is -2.31. The smallest absolute Gasteiger partial charge is 0.409 e. The number of benzene rings is 1. The van der Waals surface area contributed by atoms with Crippen LogP contribution in [-0.2, 0) is 4.74 Å². The van der Waals surface area contributed by atoms with Crippen LogP contribution in [0.3, 0.4) is 0 Å². The van der Waals surface area contributed by atoms with Crippen LogP contribution in [0.25, 0.3) is 0 Å². The molecular weight excluding hydrogens is 366 g/mol. The van der Waals surface area contributed by atoms with Gasteiger partial charge in [0.2, 0.25) is 5.75 Å². The zero-order valence-electron chi connectivity index (χ0n) is 16.7. The fourth-order valence-electron chi connectivity index (χ4n) is 2.95. The number of amides is 3. The van der Waals surface area contributed by atoms with E-state index in [1.165, 1.54) is 0 Å². The molecule has 2 N–H and O–H groups in total. The second-order valence-corrected chi connectivity index (χ2v) is 6.20. The van der Waals surface area contributed by atoms with E-state index in [1.54, 1.807) is 44.2 Å². The minimum absolute atomic E-state index is 0.0325. The molecule has 0 bridgehead atoms. The van der Waals surface area contributed by atoms with Crippen molar-refractivity contribution in [3.63, 3.8) is 0 Å². The Labute approximate surface area is 165 Å². The first-order valence-corrected chi connectivity index (χ1v) is 9.38. The van der Waals surface area contributed by atoms with Gasteiger partial charge < -0.3 is 34.5 Å². The van der Waals surface area contributed by atoms with E-state index >= 15 is 0 Å². The number of nitrogens with zero attached hydrogens (tertiary/aromatic N) is 1. The largest absolute Gasteiger partial charge is 0.493 e. The molecule has 0 unspecified atom stereocenters. The van der Waals surface area contributed by atoms with Crippen LogP contribution in [0.4, 0.5) is 9.59 Å². The van der Waals surface area contributed by atoms with Crippen LogP contribution in [0.15, 0.2) is 18.2 Å². The van der Waals surface area contributed by atoms with Gasteiger partial charge in [-0.15, -0.1) is 0 Å². The van der Waals surface area contributed by atoms with Crippen LogP contribution in [0.1, 0.15) is 19.8 Å². The zero-order chi connectivity index (χ0) is 20.4. The number of hydrogen-bond acceptors (Lipinski definition) is 6. The third kappa shape index (κ3) is 6.11. The molecule has 1 aliphatic rings. The van der Waals surface area contributed by atoms with E-state index in [0.717, 1.165) is 0 Å². The number of piperidine rings is 1. The van der Waals surface area contributed by atoms with Crippen LogP contribution < -0.4 is 24.8 Å². The molecule has 1 heterocycles. The van der Waals surface area contributed by atoms with Gasteiger partial charge in [-0.3, -0.25) is 0 Å². The number of rotatable bonds is 8.